The Morgan fingerprint density at radius 2 is 1.04 bits per heavy atom. The fraction of sp³-hybridized carbons (Fsp3) is 0.0612. The van der Waals surface area contributed by atoms with Gasteiger partial charge in [0.2, 0.25) is 0 Å². The lowest BCUT2D eigenvalue weighted by Crippen LogP contribution is -2.16. The Morgan fingerprint density at radius 1 is 0.491 bits per heavy atom. The standard InChI is InChI=1S/C49H33N5S/c1-49(2)40-28-35(20-21-36(40)37-22-25-43-45(44(37)49)50-29-55-43)54-41-23-18-33(30-12-6-3-7-13-30)26-38(41)39-27-34(19-24-42(39)54)48-52-46(31-14-8-4-9-15-31)51-47(53-48)32-16-10-5-11-17-32/h3-29H,1-2H3. The molecule has 0 radical (unpaired) electrons. The largest absolute Gasteiger partial charge is 0.309 e. The number of benzene rings is 7. The molecular formula is C49H33N5S. The molecule has 0 fully saturated rings. The van der Waals surface area contributed by atoms with E-state index in [0.717, 1.165) is 44.3 Å². The van der Waals surface area contributed by atoms with E-state index >= 15 is 0 Å². The number of thiazole rings is 1. The third kappa shape index (κ3) is 4.99. The summed E-state index contributed by atoms with van der Waals surface area (Å²) in [5.74, 6) is 1.94. The molecule has 260 valence electrons. The topological polar surface area (TPSA) is 56.5 Å². The lowest BCUT2D eigenvalue weighted by molar-refractivity contribution is 0.664. The van der Waals surface area contributed by atoms with Gasteiger partial charge in [0.1, 0.15) is 0 Å². The first-order valence-electron chi connectivity index (χ1n) is 18.5. The Hall–Kier alpha value is -6.76. The van der Waals surface area contributed by atoms with Crippen molar-refractivity contribution >= 4 is 43.4 Å². The number of fused-ring (bicyclic) bond motifs is 8. The molecule has 6 heteroatoms. The van der Waals surface area contributed by atoms with Gasteiger partial charge in [0.25, 0.3) is 0 Å². The third-order valence-corrected chi connectivity index (χ3v) is 12.0. The van der Waals surface area contributed by atoms with E-state index in [9.17, 15) is 0 Å². The van der Waals surface area contributed by atoms with Crippen LogP contribution in [0.15, 0.2) is 163 Å². The first-order chi connectivity index (χ1) is 27.0. The van der Waals surface area contributed by atoms with Crippen molar-refractivity contribution in [2.24, 2.45) is 0 Å². The average Bonchev–Trinajstić information content (AvgIpc) is 3.92. The van der Waals surface area contributed by atoms with E-state index in [0.29, 0.717) is 17.5 Å². The second-order valence-electron chi connectivity index (χ2n) is 14.7. The van der Waals surface area contributed by atoms with Crippen molar-refractivity contribution in [2.45, 2.75) is 19.3 Å². The molecule has 1 aliphatic rings. The minimum atomic E-state index is -0.202. The number of aromatic nitrogens is 5. The molecular weight excluding hydrogens is 691 g/mol. The highest BCUT2D eigenvalue weighted by Crippen LogP contribution is 2.52. The van der Waals surface area contributed by atoms with Crippen LogP contribution in [0.2, 0.25) is 0 Å². The first-order valence-corrected chi connectivity index (χ1v) is 19.4. The van der Waals surface area contributed by atoms with Crippen molar-refractivity contribution in [1.29, 1.82) is 0 Å². The Morgan fingerprint density at radius 3 is 1.67 bits per heavy atom. The number of hydrogen-bond donors (Lipinski definition) is 0. The zero-order valence-corrected chi connectivity index (χ0v) is 31.0. The lowest BCUT2D eigenvalue weighted by Gasteiger charge is -2.22. The Kier molecular flexibility index (Phi) is 7.00. The smallest absolute Gasteiger partial charge is 0.164 e. The van der Waals surface area contributed by atoms with Crippen LogP contribution in [0.3, 0.4) is 0 Å². The van der Waals surface area contributed by atoms with Gasteiger partial charge in [-0.2, -0.15) is 0 Å². The summed E-state index contributed by atoms with van der Waals surface area (Å²) in [7, 11) is 0. The summed E-state index contributed by atoms with van der Waals surface area (Å²) in [4.78, 5) is 19.9. The lowest BCUT2D eigenvalue weighted by atomic mass is 9.82. The van der Waals surface area contributed by atoms with E-state index in [1.54, 1.807) is 11.3 Å². The SMILES string of the molecule is CC1(C)c2cc(-n3c4ccc(-c5ccccc5)cc4c4cc(-c5nc(-c6ccccc6)nc(-c6ccccc6)n5)ccc43)ccc2-c2ccc3scnc3c21. The van der Waals surface area contributed by atoms with Crippen molar-refractivity contribution < 1.29 is 0 Å². The molecule has 0 spiro atoms. The van der Waals surface area contributed by atoms with E-state index < -0.39 is 0 Å². The van der Waals surface area contributed by atoms with Crippen LogP contribution in [0.5, 0.6) is 0 Å². The molecule has 0 amide bonds. The van der Waals surface area contributed by atoms with Gasteiger partial charge in [-0.25, -0.2) is 19.9 Å². The van der Waals surface area contributed by atoms with E-state index in [1.165, 1.54) is 43.5 Å². The van der Waals surface area contributed by atoms with Gasteiger partial charge < -0.3 is 4.57 Å². The monoisotopic (exact) mass is 723 g/mol. The number of hydrogen-bond acceptors (Lipinski definition) is 5. The molecule has 11 rings (SSSR count). The molecule has 0 atom stereocenters. The third-order valence-electron chi connectivity index (χ3n) is 11.2. The summed E-state index contributed by atoms with van der Waals surface area (Å²) in [6.45, 7) is 4.68. The molecule has 10 aromatic rings. The van der Waals surface area contributed by atoms with Crippen molar-refractivity contribution in [2.75, 3.05) is 0 Å². The van der Waals surface area contributed by atoms with Gasteiger partial charge in [0, 0.05) is 38.6 Å². The zero-order valence-electron chi connectivity index (χ0n) is 30.2. The van der Waals surface area contributed by atoms with Crippen LogP contribution < -0.4 is 0 Å². The van der Waals surface area contributed by atoms with Crippen LogP contribution >= 0.6 is 11.3 Å². The Balaban J connectivity index is 1.13. The van der Waals surface area contributed by atoms with E-state index in [2.05, 4.69) is 115 Å². The molecule has 0 saturated heterocycles. The molecule has 0 unspecified atom stereocenters. The minimum Gasteiger partial charge on any atom is -0.309 e. The predicted molar refractivity (Wildman–Crippen MR) is 227 cm³/mol. The molecule has 0 bridgehead atoms. The Labute approximate surface area is 322 Å². The van der Waals surface area contributed by atoms with Gasteiger partial charge in [0.15, 0.2) is 17.5 Å². The fourth-order valence-electron chi connectivity index (χ4n) is 8.53. The highest BCUT2D eigenvalue weighted by Gasteiger charge is 2.38. The zero-order chi connectivity index (χ0) is 36.7. The molecule has 0 saturated carbocycles. The quantitative estimate of drug-likeness (QED) is 0.177. The maximum Gasteiger partial charge on any atom is 0.164 e. The molecule has 3 heterocycles. The summed E-state index contributed by atoms with van der Waals surface area (Å²) in [6, 6.07) is 55.9. The second kappa shape index (κ2) is 12.1. The van der Waals surface area contributed by atoms with E-state index in [1.807, 2.05) is 66.2 Å². The molecule has 5 nitrogen and oxygen atoms in total. The van der Waals surface area contributed by atoms with Crippen molar-refractivity contribution in [1.82, 2.24) is 24.5 Å². The molecule has 0 aliphatic heterocycles. The predicted octanol–water partition coefficient (Wildman–Crippen LogP) is 12.6. The van der Waals surface area contributed by atoms with Crippen molar-refractivity contribution in [3.05, 3.63) is 174 Å². The second-order valence-corrected chi connectivity index (χ2v) is 15.6. The van der Waals surface area contributed by atoms with Crippen LogP contribution in [-0.2, 0) is 5.41 Å². The van der Waals surface area contributed by atoms with Crippen LogP contribution in [0.25, 0.3) is 94.1 Å². The van der Waals surface area contributed by atoms with Gasteiger partial charge >= 0.3 is 0 Å². The van der Waals surface area contributed by atoms with Crippen LogP contribution in [0.1, 0.15) is 25.0 Å². The van der Waals surface area contributed by atoms with E-state index in [-0.39, 0.29) is 5.41 Å². The molecule has 3 aromatic heterocycles. The summed E-state index contributed by atoms with van der Waals surface area (Å²) >= 11 is 1.71. The van der Waals surface area contributed by atoms with Gasteiger partial charge in [-0.05, 0) is 81.9 Å². The van der Waals surface area contributed by atoms with Gasteiger partial charge in [-0.3, -0.25) is 0 Å². The molecule has 55 heavy (non-hydrogen) atoms. The van der Waals surface area contributed by atoms with Gasteiger partial charge in [0.05, 0.1) is 26.8 Å². The van der Waals surface area contributed by atoms with Crippen molar-refractivity contribution in [3.8, 4) is 62.1 Å². The molecule has 1 aliphatic carbocycles. The highest BCUT2D eigenvalue weighted by molar-refractivity contribution is 7.16. The van der Waals surface area contributed by atoms with Crippen LogP contribution in [-0.4, -0.2) is 24.5 Å². The normalized spacial score (nSPS) is 13.1. The highest BCUT2D eigenvalue weighted by atomic mass is 32.1. The van der Waals surface area contributed by atoms with E-state index in [4.69, 9.17) is 19.9 Å². The van der Waals surface area contributed by atoms with Crippen molar-refractivity contribution in [3.63, 3.8) is 0 Å². The van der Waals surface area contributed by atoms with Crippen LogP contribution in [0, 0.1) is 0 Å². The summed E-state index contributed by atoms with van der Waals surface area (Å²) < 4.78 is 3.65. The maximum atomic E-state index is 5.08. The molecule has 0 N–H and O–H groups in total. The molecule has 7 aromatic carbocycles. The average molecular weight is 724 g/mol. The van der Waals surface area contributed by atoms with Gasteiger partial charge in [-0.1, -0.05) is 123 Å². The first kappa shape index (κ1) is 31.7. The summed E-state index contributed by atoms with van der Waals surface area (Å²) in [6.07, 6.45) is 0. The van der Waals surface area contributed by atoms with Crippen LogP contribution in [0.4, 0.5) is 0 Å². The number of nitrogens with zero attached hydrogens (tertiary/aromatic N) is 5. The number of rotatable bonds is 5. The maximum absolute atomic E-state index is 5.08. The summed E-state index contributed by atoms with van der Waals surface area (Å²) in [5, 5.41) is 2.31. The Bertz CT molecular complexity index is 3050. The minimum absolute atomic E-state index is 0.202. The summed E-state index contributed by atoms with van der Waals surface area (Å²) in [5.41, 5.74) is 16.7. The van der Waals surface area contributed by atoms with Gasteiger partial charge in [-0.15, -0.1) is 11.3 Å². The fourth-order valence-corrected chi connectivity index (χ4v) is 9.22.